The van der Waals surface area contributed by atoms with Crippen LogP contribution < -0.4 is 5.32 Å². The summed E-state index contributed by atoms with van der Waals surface area (Å²) in [4.78, 5) is 4.47. The van der Waals surface area contributed by atoms with Gasteiger partial charge in [0.25, 0.3) is 0 Å². The van der Waals surface area contributed by atoms with E-state index in [1.807, 2.05) is 32.1 Å². The maximum atomic E-state index is 9.82. The summed E-state index contributed by atoms with van der Waals surface area (Å²) in [5.74, 6) is 0.0172. The number of rotatable bonds is 6. The summed E-state index contributed by atoms with van der Waals surface area (Å²) in [5, 5.41) is 22.8. The highest BCUT2D eigenvalue weighted by Crippen LogP contribution is 2.39. The maximum Gasteiger partial charge on any atom is 0.163 e. The van der Waals surface area contributed by atoms with Crippen LogP contribution in [0.4, 0.5) is 11.5 Å². The van der Waals surface area contributed by atoms with Gasteiger partial charge >= 0.3 is 0 Å². The van der Waals surface area contributed by atoms with Gasteiger partial charge in [0.05, 0.1) is 18.2 Å². The SMILES string of the molecule is CCC/C=C(/C#N)c1c(C2COC(C)(C)O2)ccnc1Nc1cccc(O)c1. The third-order valence-electron chi connectivity index (χ3n) is 4.47. The minimum absolute atomic E-state index is 0.152. The predicted molar refractivity (Wildman–Crippen MR) is 108 cm³/mol. The Hall–Kier alpha value is -2.88. The second-order valence-electron chi connectivity index (χ2n) is 7.13. The van der Waals surface area contributed by atoms with Crippen molar-refractivity contribution in [2.75, 3.05) is 11.9 Å². The van der Waals surface area contributed by atoms with E-state index in [1.54, 1.807) is 24.4 Å². The molecule has 1 aromatic carbocycles. The van der Waals surface area contributed by atoms with Gasteiger partial charge in [0.1, 0.15) is 17.7 Å². The van der Waals surface area contributed by atoms with E-state index in [0.717, 1.165) is 18.4 Å². The quantitative estimate of drug-likeness (QED) is 0.682. The first-order chi connectivity index (χ1) is 13.4. The average molecular weight is 379 g/mol. The molecule has 0 bridgehead atoms. The molecule has 1 aromatic heterocycles. The predicted octanol–water partition coefficient (Wildman–Crippen LogP) is 5.06. The number of allylic oxidation sites excluding steroid dienone is 2. The summed E-state index contributed by atoms with van der Waals surface area (Å²) >= 11 is 0. The first-order valence-electron chi connectivity index (χ1n) is 9.41. The van der Waals surface area contributed by atoms with Crippen LogP contribution in [0.2, 0.25) is 0 Å². The molecule has 2 heterocycles. The molecule has 1 fully saturated rings. The fourth-order valence-electron chi connectivity index (χ4n) is 3.18. The Morgan fingerprint density at radius 1 is 1.43 bits per heavy atom. The van der Waals surface area contributed by atoms with Crippen molar-refractivity contribution in [3.8, 4) is 11.8 Å². The molecule has 1 atom stereocenters. The van der Waals surface area contributed by atoms with Gasteiger partial charge in [0, 0.05) is 23.5 Å². The highest BCUT2D eigenvalue weighted by molar-refractivity contribution is 5.86. The van der Waals surface area contributed by atoms with Gasteiger partial charge in [0.2, 0.25) is 0 Å². The van der Waals surface area contributed by atoms with Crippen LogP contribution in [0.25, 0.3) is 5.57 Å². The van der Waals surface area contributed by atoms with Crippen molar-refractivity contribution in [1.29, 1.82) is 5.26 Å². The number of anilines is 2. The van der Waals surface area contributed by atoms with E-state index in [9.17, 15) is 10.4 Å². The van der Waals surface area contributed by atoms with E-state index in [4.69, 9.17) is 9.47 Å². The Morgan fingerprint density at radius 3 is 2.89 bits per heavy atom. The number of nitrogens with one attached hydrogen (secondary N) is 1. The highest BCUT2D eigenvalue weighted by atomic mass is 16.7. The van der Waals surface area contributed by atoms with Crippen molar-refractivity contribution >= 4 is 17.1 Å². The van der Waals surface area contributed by atoms with Gasteiger partial charge in [-0.2, -0.15) is 5.26 Å². The average Bonchev–Trinajstić information content (AvgIpc) is 3.03. The number of phenolic OH excluding ortho intramolecular Hbond substituents is 1. The van der Waals surface area contributed by atoms with Crippen molar-refractivity contribution < 1.29 is 14.6 Å². The summed E-state index contributed by atoms with van der Waals surface area (Å²) in [6.45, 7) is 6.22. The van der Waals surface area contributed by atoms with Crippen LogP contribution in [-0.2, 0) is 9.47 Å². The standard InChI is InChI=1S/C22H25N3O3/c1-4-5-7-15(13-23)20-18(19-14-27-22(2,3)28-19)10-11-24-21(20)25-16-8-6-9-17(26)12-16/h6-12,19,26H,4-5,14H2,1-3H3,(H,24,25)/b15-7-. The number of nitriles is 1. The number of benzene rings is 1. The molecule has 0 amide bonds. The van der Waals surface area contributed by atoms with Crippen LogP contribution in [0, 0.1) is 11.3 Å². The van der Waals surface area contributed by atoms with Gasteiger partial charge in [-0.1, -0.05) is 25.5 Å². The molecule has 0 radical (unpaired) electrons. The zero-order valence-corrected chi connectivity index (χ0v) is 16.4. The van der Waals surface area contributed by atoms with Crippen molar-refractivity contribution in [3.63, 3.8) is 0 Å². The molecule has 0 spiro atoms. The van der Waals surface area contributed by atoms with Crippen molar-refractivity contribution in [2.45, 2.75) is 45.5 Å². The normalized spacial score (nSPS) is 18.6. The highest BCUT2D eigenvalue weighted by Gasteiger charge is 2.35. The van der Waals surface area contributed by atoms with E-state index < -0.39 is 5.79 Å². The lowest BCUT2D eigenvalue weighted by atomic mass is 9.96. The zero-order valence-electron chi connectivity index (χ0n) is 16.4. The second-order valence-corrected chi connectivity index (χ2v) is 7.13. The van der Waals surface area contributed by atoms with Crippen molar-refractivity contribution in [2.24, 2.45) is 0 Å². The molecule has 28 heavy (non-hydrogen) atoms. The Morgan fingerprint density at radius 2 is 2.25 bits per heavy atom. The smallest absolute Gasteiger partial charge is 0.163 e. The first-order valence-corrected chi connectivity index (χ1v) is 9.41. The molecule has 6 heteroatoms. The fourth-order valence-corrected chi connectivity index (χ4v) is 3.18. The van der Waals surface area contributed by atoms with Gasteiger partial charge in [-0.3, -0.25) is 0 Å². The second kappa shape index (κ2) is 8.42. The number of hydrogen-bond donors (Lipinski definition) is 2. The zero-order chi connectivity index (χ0) is 20.1. The van der Waals surface area contributed by atoms with Gasteiger partial charge in [0.15, 0.2) is 5.79 Å². The lowest BCUT2D eigenvalue weighted by molar-refractivity contribution is -0.139. The molecule has 1 saturated heterocycles. The van der Waals surface area contributed by atoms with Crippen LogP contribution in [0.1, 0.15) is 50.8 Å². The van der Waals surface area contributed by atoms with Crippen LogP contribution >= 0.6 is 0 Å². The molecule has 146 valence electrons. The number of ether oxygens (including phenoxy) is 2. The summed E-state index contributed by atoms with van der Waals surface area (Å²) in [7, 11) is 0. The van der Waals surface area contributed by atoms with E-state index >= 15 is 0 Å². The van der Waals surface area contributed by atoms with Gasteiger partial charge in [-0.25, -0.2) is 4.98 Å². The topological polar surface area (TPSA) is 87.4 Å². The molecule has 1 aliphatic heterocycles. The Balaban J connectivity index is 2.08. The van der Waals surface area contributed by atoms with Gasteiger partial charge in [-0.05, 0) is 44.0 Å². The van der Waals surface area contributed by atoms with Crippen molar-refractivity contribution in [1.82, 2.24) is 4.98 Å². The number of phenols is 1. The lowest BCUT2D eigenvalue weighted by Crippen LogP contribution is -2.20. The summed E-state index contributed by atoms with van der Waals surface area (Å²) in [5.41, 5.74) is 2.78. The van der Waals surface area contributed by atoms with Crippen molar-refractivity contribution in [3.05, 3.63) is 53.7 Å². The van der Waals surface area contributed by atoms with Gasteiger partial charge in [-0.15, -0.1) is 0 Å². The Labute approximate surface area is 165 Å². The first kappa shape index (κ1) is 19.9. The Kier molecular flexibility index (Phi) is 5.98. The maximum absolute atomic E-state index is 9.82. The number of aromatic nitrogens is 1. The van der Waals surface area contributed by atoms with E-state index in [-0.39, 0.29) is 11.9 Å². The largest absolute Gasteiger partial charge is 0.508 e. The molecule has 1 unspecified atom stereocenters. The molecule has 2 N–H and O–H groups in total. The third-order valence-corrected chi connectivity index (χ3v) is 4.47. The molecule has 2 aromatic rings. The molecular formula is C22H25N3O3. The van der Waals surface area contributed by atoms with Crippen LogP contribution in [0.15, 0.2) is 42.6 Å². The number of aromatic hydroxyl groups is 1. The minimum atomic E-state index is -0.677. The molecule has 3 rings (SSSR count). The van der Waals surface area contributed by atoms with E-state index in [1.165, 1.54) is 0 Å². The summed E-state index contributed by atoms with van der Waals surface area (Å²) in [6, 6.07) is 11.0. The molecule has 0 aliphatic carbocycles. The number of unbranched alkanes of at least 4 members (excludes halogenated alkanes) is 1. The molecule has 0 saturated carbocycles. The monoisotopic (exact) mass is 379 g/mol. The lowest BCUT2D eigenvalue weighted by Gasteiger charge is -2.20. The van der Waals surface area contributed by atoms with E-state index in [0.29, 0.717) is 29.2 Å². The van der Waals surface area contributed by atoms with Crippen LogP contribution in [0.3, 0.4) is 0 Å². The minimum Gasteiger partial charge on any atom is -0.508 e. The van der Waals surface area contributed by atoms with Crippen LogP contribution in [0.5, 0.6) is 5.75 Å². The number of nitrogens with zero attached hydrogens (tertiary/aromatic N) is 2. The fraction of sp³-hybridized carbons (Fsp3) is 0.364. The number of hydrogen-bond acceptors (Lipinski definition) is 6. The summed E-state index contributed by atoms with van der Waals surface area (Å²) in [6.07, 6.45) is 5.04. The third kappa shape index (κ3) is 4.50. The molecule has 6 nitrogen and oxygen atoms in total. The van der Waals surface area contributed by atoms with E-state index in [2.05, 4.69) is 23.3 Å². The molecule has 1 aliphatic rings. The Bertz CT molecular complexity index is 915. The van der Waals surface area contributed by atoms with Crippen LogP contribution in [-0.4, -0.2) is 22.5 Å². The summed E-state index contributed by atoms with van der Waals surface area (Å²) < 4.78 is 11.8. The molecular weight excluding hydrogens is 354 g/mol. The van der Waals surface area contributed by atoms with Gasteiger partial charge < -0.3 is 19.9 Å². The number of pyridine rings is 1.